The van der Waals surface area contributed by atoms with Gasteiger partial charge in [-0.25, -0.2) is 0 Å². The molecule has 0 radical (unpaired) electrons. The summed E-state index contributed by atoms with van der Waals surface area (Å²) in [7, 11) is 1.77. The molecule has 0 aliphatic carbocycles. The van der Waals surface area contributed by atoms with Crippen LogP contribution >= 0.6 is 0 Å². The summed E-state index contributed by atoms with van der Waals surface area (Å²) in [6, 6.07) is 0. The Hall–Kier alpha value is -0.0400. The minimum Gasteiger partial charge on any atom is -0.385 e. The van der Waals surface area contributed by atoms with E-state index in [2.05, 4.69) is 13.8 Å². The SMILES string of the molecule is CCCCC(C)CCOC. The molecule has 0 aliphatic heterocycles. The molecule has 1 nitrogen and oxygen atoms in total. The maximum Gasteiger partial charge on any atom is 0.0464 e. The van der Waals surface area contributed by atoms with Gasteiger partial charge >= 0.3 is 0 Å². The lowest BCUT2D eigenvalue weighted by Gasteiger charge is -2.08. The van der Waals surface area contributed by atoms with E-state index < -0.39 is 0 Å². The topological polar surface area (TPSA) is 9.23 Å². The first kappa shape index (κ1) is 9.96. The summed E-state index contributed by atoms with van der Waals surface area (Å²) >= 11 is 0. The molecule has 0 aromatic rings. The first-order chi connectivity index (χ1) is 4.81. The Kier molecular flexibility index (Phi) is 7.04. The van der Waals surface area contributed by atoms with Gasteiger partial charge in [0.2, 0.25) is 0 Å². The average molecular weight is 144 g/mol. The molecule has 0 aliphatic rings. The van der Waals surface area contributed by atoms with Crippen molar-refractivity contribution in [1.29, 1.82) is 0 Å². The zero-order valence-corrected chi connectivity index (χ0v) is 7.52. The summed E-state index contributed by atoms with van der Waals surface area (Å²) in [5, 5.41) is 0. The maximum absolute atomic E-state index is 4.99. The molecule has 0 saturated heterocycles. The molecule has 0 spiro atoms. The number of ether oxygens (including phenoxy) is 1. The maximum atomic E-state index is 4.99. The number of rotatable bonds is 6. The fourth-order valence-electron chi connectivity index (χ4n) is 1.02. The van der Waals surface area contributed by atoms with Crippen LogP contribution in [0.1, 0.15) is 39.5 Å². The highest BCUT2D eigenvalue weighted by Gasteiger charge is 1.99. The number of methoxy groups -OCH3 is 1. The Bertz CT molecular complexity index is 53.7. The lowest BCUT2D eigenvalue weighted by molar-refractivity contribution is 0.178. The standard InChI is InChI=1S/C9H20O/c1-4-5-6-9(2)7-8-10-3/h9H,4-8H2,1-3H3. The first-order valence-corrected chi connectivity index (χ1v) is 4.30. The monoisotopic (exact) mass is 144 g/mol. The fraction of sp³-hybridized carbons (Fsp3) is 1.00. The lowest BCUT2D eigenvalue weighted by atomic mass is 10.0. The van der Waals surface area contributed by atoms with E-state index in [1.165, 1.54) is 25.7 Å². The molecule has 0 amide bonds. The molecule has 0 aromatic heterocycles. The van der Waals surface area contributed by atoms with Crippen LogP contribution in [0, 0.1) is 5.92 Å². The van der Waals surface area contributed by atoms with Crippen LogP contribution in [0.25, 0.3) is 0 Å². The van der Waals surface area contributed by atoms with Crippen LogP contribution in [0.5, 0.6) is 0 Å². The molecule has 0 bridgehead atoms. The van der Waals surface area contributed by atoms with Crippen LogP contribution in [-0.2, 0) is 4.74 Å². The van der Waals surface area contributed by atoms with Crippen LogP contribution < -0.4 is 0 Å². The molecule has 1 atom stereocenters. The molecule has 0 fully saturated rings. The van der Waals surface area contributed by atoms with Crippen LogP contribution in [-0.4, -0.2) is 13.7 Å². The van der Waals surface area contributed by atoms with Gasteiger partial charge in [0.05, 0.1) is 0 Å². The van der Waals surface area contributed by atoms with Crippen molar-refractivity contribution in [2.24, 2.45) is 5.92 Å². The third-order valence-corrected chi connectivity index (χ3v) is 1.87. The smallest absolute Gasteiger partial charge is 0.0464 e. The van der Waals surface area contributed by atoms with Gasteiger partial charge in [-0.2, -0.15) is 0 Å². The van der Waals surface area contributed by atoms with Gasteiger partial charge in [0, 0.05) is 13.7 Å². The molecule has 0 rings (SSSR count). The van der Waals surface area contributed by atoms with E-state index in [4.69, 9.17) is 4.74 Å². The molecule has 0 N–H and O–H groups in total. The van der Waals surface area contributed by atoms with E-state index in [-0.39, 0.29) is 0 Å². The zero-order valence-electron chi connectivity index (χ0n) is 7.52. The van der Waals surface area contributed by atoms with Gasteiger partial charge < -0.3 is 4.74 Å². The van der Waals surface area contributed by atoms with E-state index in [1.54, 1.807) is 7.11 Å². The highest BCUT2D eigenvalue weighted by Crippen LogP contribution is 2.10. The minimum absolute atomic E-state index is 0.847. The summed E-state index contributed by atoms with van der Waals surface area (Å²) in [6.07, 6.45) is 5.26. The first-order valence-electron chi connectivity index (χ1n) is 4.30. The van der Waals surface area contributed by atoms with Crippen molar-refractivity contribution in [3.05, 3.63) is 0 Å². The molecular weight excluding hydrogens is 124 g/mol. The van der Waals surface area contributed by atoms with Gasteiger partial charge in [-0.3, -0.25) is 0 Å². The third-order valence-electron chi connectivity index (χ3n) is 1.87. The predicted molar refractivity (Wildman–Crippen MR) is 45.2 cm³/mol. The molecule has 10 heavy (non-hydrogen) atoms. The van der Waals surface area contributed by atoms with E-state index in [1.807, 2.05) is 0 Å². The average Bonchev–Trinajstić information content (AvgIpc) is 1.97. The van der Waals surface area contributed by atoms with Crippen molar-refractivity contribution in [3.8, 4) is 0 Å². The quantitative estimate of drug-likeness (QED) is 0.557. The third kappa shape index (κ3) is 6.09. The zero-order chi connectivity index (χ0) is 7.82. The highest BCUT2D eigenvalue weighted by atomic mass is 16.5. The molecule has 0 aromatic carbocycles. The Balaban J connectivity index is 3.00. The molecule has 1 heteroatoms. The van der Waals surface area contributed by atoms with Crippen LogP contribution in [0.3, 0.4) is 0 Å². The van der Waals surface area contributed by atoms with E-state index >= 15 is 0 Å². The van der Waals surface area contributed by atoms with Crippen LogP contribution in [0.2, 0.25) is 0 Å². The van der Waals surface area contributed by atoms with Crippen molar-refractivity contribution in [3.63, 3.8) is 0 Å². The fourth-order valence-corrected chi connectivity index (χ4v) is 1.02. The van der Waals surface area contributed by atoms with Gasteiger partial charge in [0.25, 0.3) is 0 Å². The van der Waals surface area contributed by atoms with Crippen LogP contribution in [0.15, 0.2) is 0 Å². The lowest BCUT2D eigenvalue weighted by Crippen LogP contribution is -1.99. The second-order valence-electron chi connectivity index (χ2n) is 3.03. The molecule has 0 saturated carbocycles. The van der Waals surface area contributed by atoms with Crippen molar-refractivity contribution in [1.82, 2.24) is 0 Å². The van der Waals surface area contributed by atoms with Gasteiger partial charge in [0.1, 0.15) is 0 Å². The summed E-state index contributed by atoms with van der Waals surface area (Å²) < 4.78 is 4.99. The van der Waals surface area contributed by atoms with E-state index in [9.17, 15) is 0 Å². The van der Waals surface area contributed by atoms with E-state index in [0.29, 0.717) is 0 Å². The van der Waals surface area contributed by atoms with Crippen molar-refractivity contribution in [2.75, 3.05) is 13.7 Å². The number of unbranched alkanes of at least 4 members (excludes halogenated alkanes) is 1. The van der Waals surface area contributed by atoms with E-state index in [0.717, 1.165) is 12.5 Å². The Morgan fingerprint density at radius 1 is 1.30 bits per heavy atom. The largest absolute Gasteiger partial charge is 0.385 e. The molecule has 0 heterocycles. The highest BCUT2D eigenvalue weighted by molar-refractivity contribution is 4.51. The minimum atomic E-state index is 0.847. The van der Waals surface area contributed by atoms with Crippen molar-refractivity contribution in [2.45, 2.75) is 39.5 Å². The van der Waals surface area contributed by atoms with Gasteiger partial charge in [-0.15, -0.1) is 0 Å². The van der Waals surface area contributed by atoms with Gasteiger partial charge in [0.15, 0.2) is 0 Å². The molecule has 1 unspecified atom stereocenters. The normalized spacial score (nSPS) is 13.5. The van der Waals surface area contributed by atoms with Crippen molar-refractivity contribution < 1.29 is 4.74 Å². The van der Waals surface area contributed by atoms with Gasteiger partial charge in [-0.05, 0) is 12.3 Å². The van der Waals surface area contributed by atoms with Crippen molar-refractivity contribution >= 4 is 0 Å². The predicted octanol–water partition coefficient (Wildman–Crippen LogP) is 2.85. The number of hydrogen-bond acceptors (Lipinski definition) is 1. The second-order valence-corrected chi connectivity index (χ2v) is 3.03. The summed E-state index contributed by atoms with van der Waals surface area (Å²) in [5.41, 5.74) is 0. The molecule has 62 valence electrons. The summed E-state index contributed by atoms with van der Waals surface area (Å²) in [5.74, 6) is 0.847. The Morgan fingerprint density at radius 2 is 2.00 bits per heavy atom. The van der Waals surface area contributed by atoms with Gasteiger partial charge in [-0.1, -0.05) is 33.1 Å². The number of hydrogen-bond donors (Lipinski definition) is 0. The second kappa shape index (κ2) is 7.07. The summed E-state index contributed by atoms with van der Waals surface area (Å²) in [4.78, 5) is 0. The molecular formula is C9H20O. The Morgan fingerprint density at radius 3 is 2.50 bits per heavy atom. The summed E-state index contributed by atoms with van der Waals surface area (Å²) in [6.45, 7) is 5.46. The van der Waals surface area contributed by atoms with Crippen LogP contribution in [0.4, 0.5) is 0 Å². The Labute approximate surface area is 64.8 Å².